The van der Waals surface area contributed by atoms with Crippen LogP contribution in [0, 0.1) is 0 Å². The number of nitrogens with zero attached hydrogens (tertiary/aromatic N) is 5. The topological polar surface area (TPSA) is 82.5 Å². The maximum absolute atomic E-state index is 11.3. The van der Waals surface area contributed by atoms with Gasteiger partial charge in [-0.2, -0.15) is 0 Å². The summed E-state index contributed by atoms with van der Waals surface area (Å²) in [5.41, 5.74) is 1.71. The van der Waals surface area contributed by atoms with E-state index < -0.39 is 12.0 Å². The second kappa shape index (κ2) is 6.80. The van der Waals surface area contributed by atoms with E-state index in [1.54, 1.807) is 18.6 Å². The Kier molecular flexibility index (Phi) is 4.59. The minimum Gasteiger partial charge on any atom is -0.480 e. The summed E-state index contributed by atoms with van der Waals surface area (Å²) in [5.74, 6) is -0.185. The van der Waals surface area contributed by atoms with Crippen molar-refractivity contribution >= 4 is 5.97 Å². The van der Waals surface area contributed by atoms with Crippen LogP contribution >= 0.6 is 0 Å². The molecule has 0 spiro atoms. The quantitative estimate of drug-likeness (QED) is 0.891. The first-order valence-electron chi connectivity index (χ1n) is 7.51. The molecule has 0 aliphatic carbocycles. The Balaban J connectivity index is 1.66. The van der Waals surface area contributed by atoms with Gasteiger partial charge in [0.15, 0.2) is 5.82 Å². The number of hydrogen-bond donors (Lipinski definition) is 1. The number of aliphatic carboxylic acids is 1. The van der Waals surface area contributed by atoms with E-state index in [0.717, 1.165) is 24.3 Å². The third-order valence-corrected chi connectivity index (χ3v) is 4.02. The van der Waals surface area contributed by atoms with Crippen molar-refractivity contribution < 1.29 is 9.90 Å². The summed E-state index contributed by atoms with van der Waals surface area (Å²) in [6.45, 7) is 2.74. The van der Waals surface area contributed by atoms with Crippen LogP contribution in [0.2, 0.25) is 0 Å². The highest BCUT2D eigenvalue weighted by Gasteiger charge is 2.29. The van der Waals surface area contributed by atoms with Gasteiger partial charge >= 0.3 is 5.97 Å². The van der Waals surface area contributed by atoms with Crippen LogP contribution in [-0.2, 0) is 11.3 Å². The third kappa shape index (κ3) is 3.69. The Labute approximate surface area is 134 Å². The lowest BCUT2D eigenvalue weighted by atomic mass is 10.1. The SMILES string of the molecule is CN1CCN(Cc2cnc(-c3ccccn3)nc2)CC1C(=O)O. The number of piperazine rings is 1. The fraction of sp³-hybridized carbons (Fsp3) is 0.375. The number of aromatic nitrogens is 3. The van der Waals surface area contributed by atoms with Gasteiger partial charge in [0.1, 0.15) is 11.7 Å². The van der Waals surface area contributed by atoms with Gasteiger partial charge in [0.25, 0.3) is 0 Å². The van der Waals surface area contributed by atoms with Crippen LogP contribution in [0.15, 0.2) is 36.8 Å². The molecule has 3 heterocycles. The Hall–Kier alpha value is -2.38. The molecule has 0 radical (unpaired) electrons. The van der Waals surface area contributed by atoms with Gasteiger partial charge in [0.05, 0.1) is 0 Å². The summed E-state index contributed by atoms with van der Waals surface area (Å²) in [6.07, 6.45) is 5.28. The van der Waals surface area contributed by atoms with Crippen LogP contribution in [-0.4, -0.2) is 68.6 Å². The molecule has 1 aliphatic heterocycles. The number of hydrogen-bond acceptors (Lipinski definition) is 6. The molecule has 23 heavy (non-hydrogen) atoms. The van der Waals surface area contributed by atoms with Gasteiger partial charge in [-0.15, -0.1) is 0 Å². The molecule has 0 amide bonds. The molecule has 1 atom stereocenters. The van der Waals surface area contributed by atoms with Crippen molar-refractivity contribution in [1.82, 2.24) is 24.8 Å². The summed E-state index contributed by atoms with van der Waals surface area (Å²) in [4.78, 5) is 28.2. The molecule has 2 aromatic heterocycles. The van der Waals surface area contributed by atoms with Gasteiger partial charge in [-0.3, -0.25) is 19.6 Å². The van der Waals surface area contributed by atoms with E-state index in [2.05, 4.69) is 19.9 Å². The molecule has 7 nitrogen and oxygen atoms in total. The summed E-state index contributed by atoms with van der Waals surface area (Å²) in [5, 5.41) is 9.26. The van der Waals surface area contributed by atoms with Crippen LogP contribution in [0.1, 0.15) is 5.56 Å². The summed E-state index contributed by atoms with van der Waals surface area (Å²) in [7, 11) is 1.85. The fourth-order valence-electron chi connectivity index (χ4n) is 2.66. The molecule has 3 rings (SSSR count). The molecule has 1 unspecified atom stereocenters. The van der Waals surface area contributed by atoms with Gasteiger partial charge in [-0.05, 0) is 19.2 Å². The molecule has 0 saturated carbocycles. The van der Waals surface area contributed by atoms with Crippen molar-refractivity contribution in [3.05, 3.63) is 42.4 Å². The molecule has 1 fully saturated rings. The van der Waals surface area contributed by atoms with Gasteiger partial charge in [-0.25, -0.2) is 9.97 Å². The van der Waals surface area contributed by atoms with Gasteiger partial charge < -0.3 is 5.11 Å². The van der Waals surface area contributed by atoms with Crippen LogP contribution in [0.3, 0.4) is 0 Å². The van der Waals surface area contributed by atoms with Gasteiger partial charge in [0, 0.05) is 50.3 Å². The predicted octanol–water partition coefficient (Wildman–Crippen LogP) is 0.739. The maximum atomic E-state index is 11.3. The molecule has 7 heteroatoms. The third-order valence-electron chi connectivity index (χ3n) is 4.02. The number of carboxylic acid groups (broad SMARTS) is 1. The lowest BCUT2D eigenvalue weighted by Gasteiger charge is -2.37. The zero-order chi connectivity index (χ0) is 16.2. The molecule has 1 aliphatic rings. The lowest BCUT2D eigenvalue weighted by molar-refractivity contribution is -0.145. The summed E-state index contributed by atoms with van der Waals surface area (Å²) in [6, 6.07) is 5.16. The normalized spacial score (nSPS) is 19.6. The zero-order valence-corrected chi connectivity index (χ0v) is 13.0. The highest BCUT2D eigenvalue weighted by Crippen LogP contribution is 2.14. The minimum atomic E-state index is -0.779. The average Bonchev–Trinajstić information content (AvgIpc) is 2.58. The second-order valence-corrected chi connectivity index (χ2v) is 5.70. The van der Waals surface area contributed by atoms with E-state index in [1.165, 1.54) is 0 Å². The van der Waals surface area contributed by atoms with E-state index in [9.17, 15) is 9.90 Å². The van der Waals surface area contributed by atoms with Crippen molar-refractivity contribution in [2.75, 3.05) is 26.7 Å². The smallest absolute Gasteiger partial charge is 0.322 e. The largest absolute Gasteiger partial charge is 0.480 e. The number of carboxylic acids is 1. The zero-order valence-electron chi connectivity index (χ0n) is 13.0. The van der Waals surface area contributed by atoms with E-state index >= 15 is 0 Å². The van der Waals surface area contributed by atoms with Crippen molar-refractivity contribution in [3.8, 4) is 11.5 Å². The van der Waals surface area contributed by atoms with E-state index in [4.69, 9.17) is 0 Å². The Morgan fingerprint density at radius 2 is 2.04 bits per heavy atom. The molecule has 0 aromatic carbocycles. The minimum absolute atomic E-state index is 0.461. The second-order valence-electron chi connectivity index (χ2n) is 5.70. The molecular weight excluding hydrogens is 294 g/mol. The monoisotopic (exact) mass is 313 g/mol. The molecule has 120 valence electrons. The fourth-order valence-corrected chi connectivity index (χ4v) is 2.66. The molecule has 0 bridgehead atoms. The number of rotatable bonds is 4. The number of likely N-dealkylation sites (N-methyl/N-ethyl adjacent to an activating group) is 1. The van der Waals surface area contributed by atoms with E-state index in [1.807, 2.05) is 30.1 Å². The van der Waals surface area contributed by atoms with Crippen LogP contribution in [0.4, 0.5) is 0 Å². The van der Waals surface area contributed by atoms with Crippen LogP contribution in [0.5, 0.6) is 0 Å². The predicted molar refractivity (Wildman–Crippen MR) is 84.6 cm³/mol. The Morgan fingerprint density at radius 1 is 1.26 bits per heavy atom. The first-order valence-corrected chi connectivity index (χ1v) is 7.51. The lowest BCUT2D eigenvalue weighted by Crippen LogP contribution is -2.54. The van der Waals surface area contributed by atoms with Gasteiger partial charge in [-0.1, -0.05) is 6.07 Å². The summed E-state index contributed by atoms with van der Waals surface area (Å²) < 4.78 is 0. The molecular formula is C16H19N5O2. The molecule has 1 saturated heterocycles. The van der Waals surface area contributed by atoms with Gasteiger partial charge in [0.2, 0.25) is 0 Å². The number of pyridine rings is 1. The van der Waals surface area contributed by atoms with Crippen molar-refractivity contribution in [2.45, 2.75) is 12.6 Å². The van der Waals surface area contributed by atoms with Crippen molar-refractivity contribution in [1.29, 1.82) is 0 Å². The maximum Gasteiger partial charge on any atom is 0.322 e. The van der Waals surface area contributed by atoms with Crippen LogP contribution < -0.4 is 0 Å². The molecule has 2 aromatic rings. The highest BCUT2D eigenvalue weighted by molar-refractivity contribution is 5.73. The highest BCUT2D eigenvalue weighted by atomic mass is 16.4. The first kappa shape index (κ1) is 15.5. The van der Waals surface area contributed by atoms with E-state index in [0.29, 0.717) is 18.9 Å². The standard InChI is InChI=1S/C16H19N5O2/c1-20-6-7-21(11-14(20)16(22)23)10-12-8-18-15(19-9-12)13-4-2-3-5-17-13/h2-5,8-9,14H,6-7,10-11H2,1H3,(H,22,23). The van der Waals surface area contributed by atoms with Crippen LogP contribution in [0.25, 0.3) is 11.5 Å². The average molecular weight is 313 g/mol. The first-order chi connectivity index (χ1) is 11.1. The van der Waals surface area contributed by atoms with E-state index in [-0.39, 0.29) is 0 Å². The van der Waals surface area contributed by atoms with Crippen molar-refractivity contribution in [2.24, 2.45) is 0 Å². The Morgan fingerprint density at radius 3 is 2.70 bits per heavy atom. The number of carbonyl (C=O) groups is 1. The summed E-state index contributed by atoms with van der Waals surface area (Å²) >= 11 is 0. The molecule has 1 N–H and O–H groups in total. The Bertz CT molecular complexity index is 662. The van der Waals surface area contributed by atoms with Crippen molar-refractivity contribution in [3.63, 3.8) is 0 Å².